The summed E-state index contributed by atoms with van der Waals surface area (Å²) >= 11 is 0. The third-order valence-electron chi connectivity index (χ3n) is 2.43. The third kappa shape index (κ3) is 3.04. The summed E-state index contributed by atoms with van der Waals surface area (Å²) < 4.78 is 5.69. The van der Waals surface area contributed by atoms with Crippen molar-refractivity contribution < 1.29 is 4.74 Å². The molecule has 0 aromatic heterocycles. The molecule has 2 aromatic rings. The zero-order valence-electron chi connectivity index (χ0n) is 9.97. The van der Waals surface area contributed by atoms with Gasteiger partial charge in [0.05, 0.1) is 6.54 Å². The molecule has 0 heterocycles. The lowest BCUT2D eigenvalue weighted by molar-refractivity contribution is 0.319. The molecule has 2 rings (SSSR count). The Morgan fingerprint density at radius 1 is 1.11 bits per heavy atom. The van der Waals surface area contributed by atoms with Crippen LogP contribution >= 0.6 is 0 Å². The van der Waals surface area contributed by atoms with Gasteiger partial charge in [0.15, 0.2) is 0 Å². The fourth-order valence-electron chi connectivity index (χ4n) is 1.68. The lowest BCUT2D eigenvalue weighted by Crippen LogP contribution is -2.27. The van der Waals surface area contributed by atoms with Gasteiger partial charge in [0.2, 0.25) is 5.96 Å². The summed E-state index contributed by atoms with van der Waals surface area (Å²) in [4.78, 5) is 0. The van der Waals surface area contributed by atoms with Crippen molar-refractivity contribution in [2.75, 3.05) is 13.2 Å². The van der Waals surface area contributed by atoms with Crippen molar-refractivity contribution in [2.45, 2.75) is 0 Å². The van der Waals surface area contributed by atoms with Gasteiger partial charge in [-0.05, 0) is 11.5 Å². The van der Waals surface area contributed by atoms with Gasteiger partial charge in [-0.2, -0.15) is 0 Å². The first-order chi connectivity index (χ1) is 8.77. The van der Waals surface area contributed by atoms with E-state index >= 15 is 0 Å². The van der Waals surface area contributed by atoms with Crippen LogP contribution in [0.15, 0.2) is 47.6 Å². The SMILES string of the molecule is NC(N)=NNCCOc1cccc2ccccc12. The zero-order valence-corrected chi connectivity index (χ0v) is 9.97. The molecule has 0 spiro atoms. The standard InChI is InChI=1S/C13H16N4O/c14-13(15)17-16-8-9-18-12-7-3-5-10-4-1-2-6-11(10)12/h1-7,16H,8-9H2,(H4,14,15,17). The van der Waals surface area contributed by atoms with E-state index in [1.54, 1.807) is 0 Å². The van der Waals surface area contributed by atoms with Crippen LogP contribution in [-0.2, 0) is 0 Å². The van der Waals surface area contributed by atoms with E-state index in [9.17, 15) is 0 Å². The third-order valence-corrected chi connectivity index (χ3v) is 2.43. The molecular formula is C13H16N4O. The lowest BCUT2D eigenvalue weighted by Gasteiger charge is -2.09. The average molecular weight is 244 g/mol. The van der Waals surface area contributed by atoms with Crippen LogP contribution in [0, 0.1) is 0 Å². The molecule has 5 nitrogen and oxygen atoms in total. The number of nitrogens with two attached hydrogens (primary N) is 2. The number of benzene rings is 2. The highest BCUT2D eigenvalue weighted by Crippen LogP contribution is 2.24. The molecule has 5 heteroatoms. The van der Waals surface area contributed by atoms with Crippen LogP contribution in [-0.4, -0.2) is 19.1 Å². The van der Waals surface area contributed by atoms with Crippen molar-refractivity contribution >= 4 is 16.7 Å². The molecule has 0 fully saturated rings. The Labute approximate surface area is 105 Å². The van der Waals surface area contributed by atoms with E-state index in [0.717, 1.165) is 16.5 Å². The van der Waals surface area contributed by atoms with Gasteiger partial charge in [0.25, 0.3) is 0 Å². The van der Waals surface area contributed by atoms with E-state index < -0.39 is 0 Å². The number of hydrogen-bond donors (Lipinski definition) is 3. The topological polar surface area (TPSA) is 85.7 Å². The minimum Gasteiger partial charge on any atom is -0.491 e. The Morgan fingerprint density at radius 2 is 1.89 bits per heavy atom. The van der Waals surface area contributed by atoms with E-state index in [0.29, 0.717) is 13.2 Å². The molecule has 18 heavy (non-hydrogen) atoms. The largest absolute Gasteiger partial charge is 0.491 e. The maximum absolute atomic E-state index is 5.69. The average Bonchev–Trinajstić information content (AvgIpc) is 2.38. The molecular weight excluding hydrogens is 228 g/mol. The number of rotatable bonds is 5. The summed E-state index contributed by atoms with van der Waals surface area (Å²) in [7, 11) is 0. The molecule has 0 saturated carbocycles. The molecule has 2 aromatic carbocycles. The van der Waals surface area contributed by atoms with Crippen molar-refractivity contribution in [3.05, 3.63) is 42.5 Å². The van der Waals surface area contributed by atoms with Crippen LogP contribution in [0.1, 0.15) is 0 Å². The van der Waals surface area contributed by atoms with Crippen LogP contribution in [0.5, 0.6) is 5.75 Å². The number of ether oxygens (including phenoxy) is 1. The number of hydrazone groups is 1. The second-order valence-electron chi connectivity index (χ2n) is 3.77. The Hall–Kier alpha value is -2.43. The number of hydrogen-bond acceptors (Lipinski definition) is 3. The number of fused-ring (bicyclic) bond motifs is 1. The second-order valence-corrected chi connectivity index (χ2v) is 3.77. The summed E-state index contributed by atoms with van der Waals surface area (Å²) in [6.45, 7) is 1.03. The van der Waals surface area contributed by atoms with Crippen LogP contribution < -0.4 is 21.6 Å². The maximum atomic E-state index is 5.69. The molecule has 5 N–H and O–H groups in total. The lowest BCUT2D eigenvalue weighted by atomic mass is 10.1. The van der Waals surface area contributed by atoms with Crippen LogP contribution in [0.2, 0.25) is 0 Å². The Bertz CT molecular complexity index is 544. The number of nitrogens with one attached hydrogen (secondary N) is 1. The first kappa shape index (κ1) is 12.0. The van der Waals surface area contributed by atoms with Crippen LogP contribution in [0.25, 0.3) is 10.8 Å². The quantitative estimate of drug-likeness (QED) is 0.317. The molecule has 0 amide bonds. The van der Waals surface area contributed by atoms with Gasteiger partial charge in [-0.15, -0.1) is 5.10 Å². The molecule has 0 saturated heterocycles. The Morgan fingerprint density at radius 3 is 2.72 bits per heavy atom. The molecule has 0 bridgehead atoms. The summed E-state index contributed by atoms with van der Waals surface area (Å²) in [6, 6.07) is 14.1. The Balaban J connectivity index is 1.97. The van der Waals surface area contributed by atoms with Gasteiger partial charge < -0.3 is 21.6 Å². The van der Waals surface area contributed by atoms with E-state index in [4.69, 9.17) is 16.2 Å². The molecule has 0 aliphatic heterocycles. The maximum Gasteiger partial charge on any atom is 0.208 e. The van der Waals surface area contributed by atoms with Crippen molar-refractivity contribution in [3.8, 4) is 5.75 Å². The highest BCUT2D eigenvalue weighted by molar-refractivity contribution is 5.88. The monoisotopic (exact) mass is 244 g/mol. The van der Waals surface area contributed by atoms with Gasteiger partial charge >= 0.3 is 0 Å². The minimum atomic E-state index is 0.0140. The molecule has 0 aliphatic rings. The van der Waals surface area contributed by atoms with E-state index in [1.807, 2.05) is 30.3 Å². The van der Waals surface area contributed by atoms with Gasteiger partial charge in [0.1, 0.15) is 12.4 Å². The minimum absolute atomic E-state index is 0.0140. The van der Waals surface area contributed by atoms with Gasteiger partial charge in [-0.25, -0.2) is 0 Å². The summed E-state index contributed by atoms with van der Waals surface area (Å²) in [6.07, 6.45) is 0. The van der Waals surface area contributed by atoms with Gasteiger partial charge in [-0.1, -0.05) is 36.4 Å². The predicted octanol–water partition coefficient (Wildman–Crippen LogP) is 0.997. The summed E-state index contributed by atoms with van der Waals surface area (Å²) in [5.74, 6) is 0.875. The van der Waals surface area contributed by atoms with Crippen LogP contribution in [0.4, 0.5) is 0 Å². The number of guanidine groups is 1. The molecule has 0 unspecified atom stereocenters. The molecule has 0 aliphatic carbocycles. The van der Waals surface area contributed by atoms with Crippen LogP contribution in [0.3, 0.4) is 0 Å². The molecule has 94 valence electrons. The summed E-state index contributed by atoms with van der Waals surface area (Å²) in [5.41, 5.74) is 13.1. The van der Waals surface area contributed by atoms with E-state index in [-0.39, 0.29) is 5.96 Å². The van der Waals surface area contributed by atoms with Gasteiger partial charge in [-0.3, -0.25) is 0 Å². The highest BCUT2D eigenvalue weighted by atomic mass is 16.5. The number of nitrogens with zero attached hydrogens (tertiary/aromatic N) is 1. The summed E-state index contributed by atoms with van der Waals surface area (Å²) in [5, 5.41) is 5.92. The first-order valence-electron chi connectivity index (χ1n) is 5.69. The van der Waals surface area contributed by atoms with E-state index in [2.05, 4.69) is 22.7 Å². The predicted molar refractivity (Wildman–Crippen MR) is 73.3 cm³/mol. The highest BCUT2D eigenvalue weighted by Gasteiger charge is 2.00. The second kappa shape index (κ2) is 5.77. The van der Waals surface area contributed by atoms with Crippen molar-refractivity contribution in [3.63, 3.8) is 0 Å². The molecule has 0 radical (unpaired) electrons. The smallest absolute Gasteiger partial charge is 0.208 e. The fourth-order valence-corrected chi connectivity index (χ4v) is 1.68. The Kier molecular flexibility index (Phi) is 3.86. The van der Waals surface area contributed by atoms with Gasteiger partial charge in [0, 0.05) is 5.39 Å². The fraction of sp³-hybridized carbons (Fsp3) is 0.154. The van der Waals surface area contributed by atoms with Crippen molar-refractivity contribution in [1.82, 2.24) is 5.43 Å². The van der Waals surface area contributed by atoms with E-state index in [1.165, 1.54) is 0 Å². The zero-order chi connectivity index (χ0) is 12.8. The van der Waals surface area contributed by atoms with Crippen molar-refractivity contribution in [2.24, 2.45) is 16.6 Å². The normalized spacial score (nSPS) is 10.0. The molecule has 0 atom stereocenters. The van der Waals surface area contributed by atoms with Crippen molar-refractivity contribution in [1.29, 1.82) is 0 Å². The first-order valence-corrected chi connectivity index (χ1v) is 5.69.